The lowest BCUT2D eigenvalue weighted by molar-refractivity contribution is 0.0947. The monoisotopic (exact) mass is 248 g/mol. The molecular weight excluding hydrogens is 232 g/mol. The lowest BCUT2D eigenvalue weighted by atomic mass is 9.93. The van der Waals surface area contributed by atoms with E-state index in [4.69, 9.17) is 0 Å². The van der Waals surface area contributed by atoms with Gasteiger partial charge in [0.2, 0.25) is 0 Å². The molecule has 1 aliphatic carbocycles. The van der Waals surface area contributed by atoms with E-state index in [2.05, 4.69) is 18.7 Å². The van der Waals surface area contributed by atoms with Crippen molar-refractivity contribution in [2.45, 2.75) is 13.3 Å². The Bertz CT molecular complexity index is 667. The van der Waals surface area contributed by atoms with Crippen LogP contribution in [0.5, 0.6) is 0 Å². The van der Waals surface area contributed by atoms with Crippen LogP contribution in [0.1, 0.15) is 28.4 Å². The van der Waals surface area contributed by atoms with Crippen LogP contribution in [0.25, 0.3) is 17.2 Å². The largest absolute Gasteiger partial charge is 0.294 e. The van der Waals surface area contributed by atoms with E-state index in [1.54, 1.807) is 0 Å². The van der Waals surface area contributed by atoms with E-state index in [-0.39, 0.29) is 11.7 Å². The Morgan fingerprint density at radius 1 is 1.11 bits per heavy atom. The molecule has 0 saturated carbocycles. The summed E-state index contributed by atoms with van der Waals surface area (Å²) in [6, 6.07) is 14.2. The van der Waals surface area contributed by atoms with Crippen LogP contribution in [-0.4, -0.2) is 5.78 Å². The van der Waals surface area contributed by atoms with Crippen molar-refractivity contribution in [3.63, 3.8) is 0 Å². The second-order valence-corrected chi connectivity index (χ2v) is 5.10. The van der Waals surface area contributed by atoms with Crippen molar-refractivity contribution in [3.8, 4) is 11.1 Å². The van der Waals surface area contributed by atoms with Crippen LogP contribution < -0.4 is 0 Å². The molecule has 1 atom stereocenters. The molecular formula is C18H16O. The Kier molecular flexibility index (Phi) is 2.83. The molecule has 94 valence electrons. The number of ketones is 1. The van der Waals surface area contributed by atoms with Gasteiger partial charge < -0.3 is 0 Å². The van der Waals surface area contributed by atoms with Gasteiger partial charge in [0.25, 0.3) is 0 Å². The molecule has 3 rings (SSSR count). The standard InChI is InChI=1S/C18H16O/c1-3-13-7-4-5-9-15(13)16-10-6-8-14-11-12(2)18(19)17(14)16/h3-10,12H,1,11H2,2H3. The molecule has 0 radical (unpaired) electrons. The summed E-state index contributed by atoms with van der Waals surface area (Å²) in [5, 5.41) is 0. The molecule has 1 nitrogen and oxygen atoms in total. The Labute approximate surface area is 113 Å². The fourth-order valence-corrected chi connectivity index (χ4v) is 2.87. The summed E-state index contributed by atoms with van der Waals surface area (Å²) in [6.07, 6.45) is 2.70. The highest BCUT2D eigenvalue weighted by molar-refractivity contribution is 6.08. The quantitative estimate of drug-likeness (QED) is 0.771. The Balaban J connectivity index is 2.26. The minimum absolute atomic E-state index is 0.104. The van der Waals surface area contributed by atoms with Crippen molar-refractivity contribution < 1.29 is 4.79 Å². The fourth-order valence-electron chi connectivity index (χ4n) is 2.87. The zero-order chi connectivity index (χ0) is 13.4. The van der Waals surface area contributed by atoms with Gasteiger partial charge in [-0.2, -0.15) is 0 Å². The zero-order valence-corrected chi connectivity index (χ0v) is 11.0. The smallest absolute Gasteiger partial charge is 0.166 e. The average molecular weight is 248 g/mol. The fraction of sp³-hybridized carbons (Fsp3) is 0.167. The molecule has 0 aromatic heterocycles. The van der Waals surface area contributed by atoms with Gasteiger partial charge in [0, 0.05) is 11.5 Å². The molecule has 0 saturated heterocycles. The molecule has 0 aliphatic heterocycles. The third kappa shape index (κ3) is 1.82. The Morgan fingerprint density at radius 3 is 2.63 bits per heavy atom. The predicted molar refractivity (Wildman–Crippen MR) is 79.2 cm³/mol. The highest BCUT2D eigenvalue weighted by Crippen LogP contribution is 2.36. The number of hydrogen-bond donors (Lipinski definition) is 0. The van der Waals surface area contributed by atoms with Gasteiger partial charge in [-0.1, -0.05) is 62.0 Å². The molecule has 2 aromatic rings. The lowest BCUT2D eigenvalue weighted by Crippen LogP contribution is -2.04. The van der Waals surface area contributed by atoms with Crippen LogP contribution in [0, 0.1) is 5.92 Å². The van der Waals surface area contributed by atoms with Crippen molar-refractivity contribution >= 4 is 11.9 Å². The number of carbonyl (C=O) groups is 1. The second kappa shape index (κ2) is 4.51. The van der Waals surface area contributed by atoms with E-state index in [0.29, 0.717) is 0 Å². The highest BCUT2D eigenvalue weighted by atomic mass is 16.1. The van der Waals surface area contributed by atoms with Gasteiger partial charge in [0.1, 0.15) is 0 Å². The summed E-state index contributed by atoms with van der Waals surface area (Å²) in [6.45, 7) is 5.87. The van der Waals surface area contributed by atoms with Crippen molar-refractivity contribution in [2.75, 3.05) is 0 Å². The molecule has 0 N–H and O–H groups in total. The number of fused-ring (bicyclic) bond motifs is 1. The zero-order valence-electron chi connectivity index (χ0n) is 11.0. The topological polar surface area (TPSA) is 17.1 Å². The minimum atomic E-state index is 0.104. The van der Waals surface area contributed by atoms with Crippen LogP contribution in [0.15, 0.2) is 49.0 Å². The van der Waals surface area contributed by atoms with Gasteiger partial charge >= 0.3 is 0 Å². The van der Waals surface area contributed by atoms with Gasteiger partial charge in [0.15, 0.2) is 5.78 Å². The first kappa shape index (κ1) is 11.9. The van der Waals surface area contributed by atoms with Crippen LogP contribution in [0.2, 0.25) is 0 Å². The number of rotatable bonds is 2. The summed E-state index contributed by atoms with van der Waals surface area (Å²) >= 11 is 0. The Morgan fingerprint density at radius 2 is 1.84 bits per heavy atom. The third-order valence-corrected chi connectivity index (χ3v) is 3.84. The van der Waals surface area contributed by atoms with Crippen LogP contribution in [0.4, 0.5) is 0 Å². The second-order valence-electron chi connectivity index (χ2n) is 5.10. The molecule has 1 heteroatoms. The summed E-state index contributed by atoms with van der Waals surface area (Å²) in [4.78, 5) is 12.4. The van der Waals surface area contributed by atoms with Gasteiger partial charge in [0.05, 0.1) is 0 Å². The predicted octanol–water partition coefficient (Wildman–Crippen LogP) is 4.37. The maximum absolute atomic E-state index is 12.4. The van der Waals surface area contributed by atoms with E-state index in [1.807, 2.05) is 43.3 Å². The van der Waals surface area contributed by atoms with Crippen molar-refractivity contribution in [1.82, 2.24) is 0 Å². The number of benzene rings is 2. The molecule has 1 unspecified atom stereocenters. The van der Waals surface area contributed by atoms with Gasteiger partial charge in [-0.15, -0.1) is 0 Å². The highest BCUT2D eigenvalue weighted by Gasteiger charge is 2.29. The van der Waals surface area contributed by atoms with E-state index >= 15 is 0 Å². The van der Waals surface area contributed by atoms with Crippen molar-refractivity contribution in [3.05, 3.63) is 65.7 Å². The maximum Gasteiger partial charge on any atom is 0.166 e. The normalized spacial score (nSPS) is 17.3. The van der Waals surface area contributed by atoms with E-state index < -0.39 is 0 Å². The molecule has 0 amide bonds. The van der Waals surface area contributed by atoms with Crippen LogP contribution in [0.3, 0.4) is 0 Å². The van der Waals surface area contributed by atoms with Crippen LogP contribution >= 0.6 is 0 Å². The van der Waals surface area contributed by atoms with Gasteiger partial charge in [-0.05, 0) is 28.7 Å². The molecule has 1 aliphatic rings. The molecule has 0 spiro atoms. The van der Waals surface area contributed by atoms with Crippen LogP contribution in [-0.2, 0) is 6.42 Å². The summed E-state index contributed by atoms with van der Waals surface area (Å²) in [5.41, 5.74) is 5.29. The number of Topliss-reactive ketones (excluding diaryl/α,β-unsaturated/α-hetero) is 1. The summed E-state index contributed by atoms with van der Waals surface area (Å²) in [7, 11) is 0. The molecule has 0 bridgehead atoms. The lowest BCUT2D eigenvalue weighted by Gasteiger charge is -2.10. The SMILES string of the molecule is C=Cc1ccccc1-c1cccc2c1C(=O)C(C)C2. The van der Waals surface area contributed by atoms with E-state index in [0.717, 1.165) is 28.7 Å². The number of carbonyl (C=O) groups excluding carboxylic acids is 1. The van der Waals surface area contributed by atoms with Gasteiger partial charge in [-0.25, -0.2) is 0 Å². The Hall–Kier alpha value is -2.15. The molecule has 19 heavy (non-hydrogen) atoms. The maximum atomic E-state index is 12.4. The number of hydrogen-bond acceptors (Lipinski definition) is 1. The van der Waals surface area contributed by atoms with Crippen molar-refractivity contribution in [1.29, 1.82) is 0 Å². The third-order valence-electron chi connectivity index (χ3n) is 3.84. The van der Waals surface area contributed by atoms with E-state index in [9.17, 15) is 4.79 Å². The van der Waals surface area contributed by atoms with Gasteiger partial charge in [-0.3, -0.25) is 4.79 Å². The first-order valence-electron chi connectivity index (χ1n) is 6.60. The van der Waals surface area contributed by atoms with Crippen molar-refractivity contribution in [2.24, 2.45) is 5.92 Å². The molecule has 0 fully saturated rings. The first-order chi connectivity index (χ1) is 9.22. The summed E-state index contributed by atoms with van der Waals surface area (Å²) < 4.78 is 0. The minimum Gasteiger partial charge on any atom is -0.294 e. The summed E-state index contributed by atoms with van der Waals surface area (Å²) in [5.74, 6) is 0.372. The van der Waals surface area contributed by atoms with E-state index in [1.165, 1.54) is 5.56 Å². The first-order valence-corrected chi connectivity index (χ1v) is 6.60. The molecule has 0 heterocycles. The average Bonchev–Trinajstić information content (AvgIpc) is 2.74. The molecule has 2 aromatic carbocycles.